The molecule has 1 amide bonds. The predicted octanol–water partition coefficient (Wildman–Crippen LogP) is 1.28. The average Bonchev–Trinajstić information content (AvgIpc) is 2.97. The third-order valence-corrected chi connectivity index (χ3v) is 3.61. The van der Waals surface area contributed by atoms with Gasteiger partial charge in [0.1, 0.15) is 23.7 Å². The van der Waals surface area contributed by atoms with E-state index in [2.05, 4.69) is 20.4 Å². The molecule has 3 aromatic rings. The van der Waals surface area contributed by atoms with Crippen molar-refractivity contribution in [3.05, 3.63) is 36.3 Å². The molecular weight excluding hydrogens is 322 g/mol. The summed E-state index contributed by atoms with van der Waals surface area (Å²) < 4.78 is 7.21. The van der Waals surface area contributed by atoms with Crippen LogP contribution in [0, 0.1) is 0 Å². The number of nitrogens with one attached hydrogen (secondary N) is 1. The summed E-state index contributed by atoms with van der Waals surface area (Å²) >= 11 is 0. The average molecular weight is 340 g/mol. The van der Waals surface area contributed by atoms with Crippen molar-refractivity contribution in [2.45, 2.75) is 20.0 Å². The Hall–Kier alpha value is -3.00. The molecule has 3 rings (SSSR count). The van der Waals surface area contributed by atoms with Crippen molar-refractivity contribution < 1.29 is 14.6 Å². The van der Waals surface area contributed by atoms with Crippen LogP contribution >= 0.6 is 0 Å². The molecule has 0 radical (unpaired) electrons. The minimum absolute atomic E-state index is 0.238. The molecule has 0 saturated carbocycles. The van der Waals surface area contributed by atoms with E-state index in [4.69, 9.17) is 4.74 Å². The van der Waals surface area contributed by atoms with Gasteiger partial charge in [0.15, 0.2) is 5.82 Å². The molecule has 1 N–H and O–H groups in total. The first-order valence-electron chi connectivity index (χ1n) is 8.01. The number of rotatable bonds is 7. The first kappa shape index (κ1) is 16.8. The fourth-order valence-corrected chi connectivity index (χ4v) is 2.53. The van der Waals surface area contributed by atoms with Crippen LogP contribution in [0.2, 0.25) is 0 Å². The minimum atomic E-state index is -1.30. The van der Waals surface area contributed by atoms with E-state index < -0.39 is 6.09 Å². The number of carbonyl (C=O) groups is 1. The smallest absolute Gasteiger partial charge is 0.157 e. The summed E-state index contributed by atoms with van der Waals surface area (Å²) in [7, 11) is 0. The second-order valence-corrected chi connectivity index (χ2v) is 5.29. The van der Waals surface area contributed by atoms with E-state index in [1.807, 2.05) is 31.2 Å². The molecule has 0 aliphatic rings. The second kappa shape index (κ2) is 7.71. The lowest BCUT2D eigenvalue weighted by molar-refractivity contribution is -0.250. The number of pyridine rings is 1. The number of hydrogen-bond donors (Lipinski definition) is 1. The van der Waals surface area contributed by atoms with E-state index >= 15 is 0 Å². The van der Waals surface area contributed by atoms with Gasteiger partial charge in [-0.2, -0.15) is 5.10 Å². The quantitative estimate of drug-likeness (QED) is 0.515. The molecule has 130 valence electrons. The molecule has 0 aliphatic carbocycles. The van der Waals surface area contributed by atoms with Gasteiger partial charge < -0.3 is 20.0 Å². The third-order valence-electron chi connectivity index (χ3n) is 3.61. The van der Waals surface area contributed by atoms with Crippen LogP contribution in [0.25, 0.3) is 21.9 Å². The number of hydrogen-bond acceptors (Lipinski definition) is 6. The molecule has 0 atom stereocenters. The van der Waals surface area contributed by atoms with Crippen molar-refractivity contribution in [1.82, 2.24) is 20.0 Å². The van der Waals surface area contributed by atoms with E-state index in [-0.39, 0.29) is 6.54 Å². The van der Waals surface area contributed by atoms with Crippen molar-refractivity contribution in [2.75, 3.05) is 13.2 Å². The number of ether oxygens (including phenoxy) is 1. The fraction of sp³-hybridized carbons (Fsp3) is 0.294. The first-order valence-corrected chi connectivity index (χ1v) is 8.01. The van der Waals surface area contributed by atoms with Crippen molar-refractivity contribution in [2.24, 2.45) is 5.10 Å². The van der Waals surface area contributed by atoms with Crippen LogP contribution in [0.3, 0.4) is 0 Å². The van der Waals surface area contributed by atoms with Crippen molar-refractivity contribution >= 4 is 34.2 Å². The Morgan fingerprint density at radius 2 is 2.24 bits per heavy atom. The van der Waals surface area contributed by atoms with Crippen LogP contribution < -0.4 is 10.4 Å². The molecule has 1 aromatic carbocycles. The van der Waals surface area contributed by atoms with E-state index in [0.717, 1.165) is 21.9 Å². The van der Waals surface area contributed by atoms with E-state index in [1.165, 1.54) is 0 Å². The molecule has 0 fully saturated rings. The highest BCUT2D eigenvalue weighted by Gasteiger charge is 2.13. The van der Waals surface area contributed by atoms with Crippen LogP contribution in [0.1, 0.15) is 19.2 Å². The monoisotopic (exact) mass is 340 g/mol. The summed E-state index contributed by atoms with van der Waals surface area (Å²) in [6, 6.07) is 7.77. The van der Waals surface area contributed by atoms with E-state index in [9.17, 15) is 9.90 Å². The molecule has 8 nitrogen and oxygen atoms in total. The van der Waals surface area contributed by atoms with Gasteiger partial charge in [0.2, 0.25) is 0 Å². The zero-order valence-electron chi connectivity index (χ0n) is 13.8. The summed E-state index contributed by atoms with van der Waals surface area (Å²) in [5.74, 6) is 0.666. The summed E-state index contributed by atoms with van der Waals surface area (Å²) in [6.07, 6.45) is 2.50. The normalized spacial score (nSPS) is 11.6. The Balaban J connectivity index is 2.00. The number of carbonyl (C=O) groups excluding carboxylic acids is 1. The van der Waals surface area contributed by atoms with Crippen LogP contribution in [0.4, 0.5) is 4.79 Å². The third kappa shape index (κ3) is 3.74. The first-order chi connectivity index (χ1) is 12.2. The number of amides is 1. The topological polar surface area (TPSA) is 104 Å². The molecule has 2 heterocycles. The van der Waals surface area contributed by atoms with E-state index in [1.54, 1.807) is 17.1 Å². The minimum Gasteiger partial charge on any atom is -0.530 e. The van der Waals surface area contributed by atoms with Gasteiger partial charge in [0.25, 0.3) is 0 Å². The van der Waals surface area contributed by atoms with Gasteiger partial charge in [-0.3, -0.25) is 4.98 Å². The Labute approximate surface area is 144 Å². The maximum atomic E-state index is 10.4. The van der Waals surface area contributed by atoms with Gasteiger partial charge >= 0.3 is 0 Å². The van der Waals surface area contributed by atoms with Crippen molar-refractivity contribution in [3.63, 3.8) is 0 Å². The van der Waals surface area contributed by atoms with Gasteiger partial charge in [0.05, 0.1) is 11.7 Å². The number of imidazole rings is 1. The number of nitrogens with zero attached hydrogens (tertiary/aromatic N) is 4. The molecule has 0 bridgehead atoms. The van der Waals surface area contributed by atoms with Gasteiger partial charge in [-0.15, -0.1) is 0 Å². The molecule has 0 aliphatic heterocycles. The van der Waals surface area contributed by atoms with Gasteiger partial charge in [-0.25, -0.2) is 9.66 Å². The Bertz CT molecular complexity index is 919. The summed E-state index contributed by atoms with van der Waals surface area (Å²) in [5.41, 5.74) is 2.44. The molecule has 0 spiro atoms. The summed E-state index contributed by atoms with van der Waals surface area (Å²) in [6.45, 7) is 3.05. The van der Waals surface area contributed by atoms with Crippen LogP contribution in [0.5, 0.6) is 0 Å². The van der Waals surface area contributed by atoms with Gasteiger partial charge in [-0.05, 0) is 13.0 Å². The number of aromatic nitrogens is 3. The molecular formula is C17H18N5O3-. The van der Waals surface area contributed by atoms with Gasteiger partial charge in [-0.1, -0.05) is 18.2 Å². The van der Waals surface area contributed by atoms with Crippen LogP contribution in [-0.4, -0.2) is 40.1 Å². The molecule has 2 aromatic heterocycles. The zero-order chi connectivity index (χ0) is 17.6. The lowest BCUT2D eigenvalue weighted by Crippen LogP contribution is -2.37. The standard InChI is InChI=1S/C17H19N5O3/c1-2-25-11-15-21-14-10-19-13-7-4-3-6-12(13)16(14)22(15)20-9-5-8-18-17(23)24/h3-4,6-7,9-10,18H,2,5,8,11H2,1H3,(H,23,24)/p-1/b20-9+. The lowest BCUT2D eigenvalue weighted by Gasteiger charge is -2.06. The van der Waals surface area contributed by atoms with Crippen LogP contribution in [0.15, 0.2) is 35.6 Å². The highest BCUT2D eigenvalue weighted by Crippen LogP contribution is 2.24. The molecule has 8 heteroatoms. The largest absolute Gasteiger partial charge is 0.530 e. The second-order valence-electron chi connectivity index (χ2n) is 5.29. The highest BCUT2D eigenvalue weighted by molar-refractivity contribution is 6.02. The Kier molecular flexibility index (Phi) is 5.20. The highest BCUT2D eigenvalue weighted by atomic mass is 16.5. The lowest BCUT2D eigenvalue weighted by atomic mass is 10.2. The Morgan fingerprint density at radius 1 is 1.40 bits per heavy atom. The van der Waals surface area contributed by atoms with Crippen LogP contribution in [-0.2, 0) is 11.3 Å². The number of para-hydroxylation sites is 1. The zero-order valence-corrected chi connectivity index (χ0v) is 13.8. The maximum Gasteiger partial charge on any atom is 0.157 e. The predicted molar refractivity (Wildman–Crippen MR) is 92.3 cm³/mol. The van der Waals surface area contributed by atoms with Gasteiger partial charge in [0, 0.05) is 31.2 Å². The molecule has 0 saturated heterocycles. The SMILES string of the molecule is CCOCc1nc2cnc3ccccc3c2n1/N=C/CCNC(=O)[O-]. The molecule has 0 unspecified atom stereocenters. The van der Waals surface area contributed by atoms with Crippen molar-refractivity contribution in [1.29, 1.82) is 0 Å². The van der Waals surface area contributed by atoms with Crippen molar-refractivity contribution in [3.8, 4) is 0 Å². The number of carboxylic acid groups (broad SMARTS) is 1. The van der Waals surface area contributed by atoms with E-state index in [0.29, 0.717) is 25.5 Å². The molecule has 25 heavy (non-hydrogen) atoms. The maximum absolute atomic E-state index is 10.4. The summed E-state index contributed by atoms with van der Waals surface area (Å²) in [5, 5.41) is 18.0. The Morgan fingerprint density at radius 3 is 3.04 bits per heavy atom. The summed E-state index contributed by atoms with van der Waals surface area (Å²) in [4.78, 5) is 19.4. The fourth-order valence-electron chi connectivity index (χ4n) is 2.53. The number of benzene rings is 1. The number of fused-ring (bicyclic) bond motifs is 3.